The van der Waals surface area contributed by atoms with Crippen LogP contribution in [0.25, 0.3) is 16.7 Å². The first-order valence-corrected chi connectivity index (χ1v) is 10.2. The van der Waals surface area contributed by atoms with Gasteiger partial charge in [-0.15, -0.1) is 11.8 Å². The van der Waals surface area contributed by atoms with Crippen molar-refractivity contribution in [2.75, 3.05) is 11.7 Å². The fourth-order valence-corrected chi connectivity index (χ4v) is 3.63. The number of rotatable bonds is 4. The Balaban J connectivity index is 1.71. The third-order valence-corrected chi connectivity index (χ3v) is 5.59. The van der Waals surface area contributed by atoms with Crippen LogP contribution in [-0.4, -0.2) is 31.6 Å². The van der Waals surface area contributed by atoms with Gasteiger partial charge in [0.1, 0.15) is 11.7 Å². The van der Waals surface area contributed by atoms with E-state index in [2.05, 4.69) is 15.5 Å². The Hall–Kier alpha value is -3.39. The van der Waals surface area contributed by atoms with Crippen LogP contribution in [-0.2, 0) is 0 Å². The van der Waals surface area contributed by atoms with E-state index in [1.807, 2.05) is 50.4 Å². The van der Waals surface area contributed by atoms with Crippen molar-refractivity contribution in [1.82, 2.24) is 19.4 Å². The number of hydrogen-bond acceptors (Lipinski definition) is 5. The van der Waals surface area contributed by atoms with Gasteiger partial charge in [-0.05, 0) is 55.5 Å². The summed E-state index contributed by atoms with van der Waals surface area (Å²) >= 11 is 1.47. The van der Waals surface area contributed by atoms with E-state index < -0.39 is 0 Å². The molecule has 0 unspecified atom stereocenters. The first kappa shape index (κ1) is 18.9. The highest BCUT2D eigenvalue weighted by molar-refractivity contribution is 7.98. The molecule has 0 aliphatic heterocycles. The van der Waals surface area contributed by atoms with Crippen LogP contribution in [0.5, 0.6) is 0 Å². The molecule has 2 aromatic carbocycles. The molecule has 7 nitrogen and oxygen atoms in total. The number of fused-ring (bicyclic) bond motifs is 1. The number of hydrogen-bond donors (Lipinski definition) is 1. The molecule has 8 heteroatoms. The van der Waals surface area contributed by atoms with Gasteiger partial charge in [-0.25, -0.2) is 14.3 Å². The van der Waals surface area contributed by atoms with E-state index in [0.717, 1.165) is 20.8 Å². The molecule has 0 atom stereocenters. The highest BCUT2D eigenvalue weighted by Crippen LogP contribution is 2.20. The Morgan fingerprint density at radius 1 is 1.10 bits per heavy atom. The molecule has 29 heavy (non-hydrogen) atoms. The predicted molar refractivity (Wildman–Crippen MR) is 115 cm³/mol. The van der Waals surface area contributed by atoms with Crippen molar-refractivity contribution in [2.24, 2.45) is 0 Å². The average molecular weight is 405 g/mol. The second-order valence-electron chi connectivity index (χ2n) is 6.62. The van der Waals surface area contributed by atoms with Crippen LogP contribution in [0.15, 0.2) is 64.7 Å². The van der Waals surface area contributed by atoms with Crippen LogP contribution < -0.4 is 11.0 Å². The maximum absolute atomic E-state index is 12.9. The SMILES string of the molecule is CSc1ccccc1C(=O)Nn1cnc2c(cnn2-c2ccc(C)c(C)c2)c1=O. The van der Waals surface area contributed by atoms with Gasteiger partial charge in [0.05, 0.1) is 17.4 Å². The van der Waals surface area contributed by atoms with Gasteiger partial charge in [-0.3, -0.25) is 15.0 Å². The van der Waals surface area contributed by atoms with Gasteiger partial charge in [0.25, 0.3) is 11.5 Å². The highest BCUT2D eigenvalue weighted by Gasteiger charge is 2.15. The fourth-order valence-electron chi connectivity index (χ4n) is 3.04. The topological polar surface area (TPSA) is 81.8 Å². The minimum absolute atomic E-state index is 0.323. The van der Waals surface area contributed by atoms with Crippen LogP contribution >= 0.6 is 11.8 Å². The third kappa shape index (κ3) is 3.42. The van der Waals surface area contributed by atoms with Gasteiger partial charge < -0.3 is 0 Å². The summed E-state index contributed by atoms with van der Waals surface area (Å²) in [5.41, 5.74) is 6.28. The molecule has 1 N–H and O–H groups in total. The summed E-state index contributed by atoms with van der Waals surface area (Å²) in [4.78, 5) is 30.7. The molecular formula is C21H19N5O2S. The Morgan fingerprint density at radius 2 is 1.90 bits per heavy atom. The van der Waals surface area contributed by atoms with E-state index in [1.54, 1.807) is 16.8 Å². The summed E-state index contributed by atoms with van der Waals surface area (Å²) < 4.78 is 2.71. The lowest BCUT2D eigenvalue weighted by atomic mass is 10.1. The molecule has 2 heterocycles. The molecule has 4 rings (SSSR count). The Labute approximate surface area is 171 Å². The van der Waals surface area contributed by atoms with Crippen LogP contribution in [0.2, 0.25) is 0 Å². The number of carbonyl (C=O) groups excluding carboxylic acids is 1. The maximum atomic E-state index is 12.9. The molecule has 2 aromatic heterocycles. The zero-order valence-electron chi connectivity index (χ0n) is 16.2. The van der Waals surface area contributed by atoms with Crippen molar-refractivity contribution in [3.63, 3.8) is 0 Å². The maximum Gasteiger partial charge on any atom is 0.283 e. The minimum Gasteiger partial charge on any atom is -0.267 e. The van der Waals surface area contributed by atoms with Crippen molar-refractivity contribution in [3.05, 3.63) is 82.0 Å². The summed E-state index contributed by atoms with van der Waals surface area (Å²) in [6.07, 6.45) is 4.68. The fraction of sp³-hybridized carbons (Fsp3) is 0.143. The number of benzene rings is 2. The van der Waals surface area contributed by atoms with Crippen molar-refractivity contribution in [2.45, 2.75) is 18.7 Å². The van der Waals surface area contributed by atoms with Gasteiger partial charge in [-0.2, -0.15) is 5.10 Å². The highest BCUT2D eigenvalue weighted by atomic mass is 32.2. The average Bonchev–Trinajstić information content (AvgIpc) is 3.17. The van der Waals surface area contributed by atoms with Gasteiger partial charge in [0, 0.05) is 4.90 Å². The number of thioether (sulfide) groups is 1. The lowest BCUT2D eigenvalue weighted by molar-refractivity contribution is 0.100. The second kappa shape index (κ2) is 7.56. The van der Waals surface area contributed by atoms with Crippen LogP contribution in [0.4, 0.5) is 0 Å². The molecule has 0 saturated heterocycles. The third-order valence-electron chi connectivity index (χ3n) is 4.80. The lowest BCUT2D eigenvalue weighted by Crippen LogP contribution is -2.33. The number of carbonyl (C=O) groups is 1. The molecular weight excluding hydrogens is 386 g/mol. The van der Waals surface area contributed by atoms with Crippen molar-refractivity contribution in [1.29, 1.82) is 0 Å². The molecule has 0 fully saturated rings. The van der Waals surface area contributed by atoms with Crippen molar-refractivity contribution in [3.8, 4) is 5.69 Å². The van der Waals surface area contributed by atoms with Gasteiger partial charge in [-0.1, -0.05) is 18.2 Å². The van der Waals surface area contributed by atoms with E-state index in [9.17, 15) is 9.59 Å². The van der Waals surface area contributed by atoms with E-state index in [1.165, 1.54) is 29.8 Å². The van der Waals surface area contributed by atoms with Gasteiger partial charge >= 0.3 is 0 Å². The minimum atomic E-state index is -0.389. The summed E-state index contributed by atoms with van der Waals surface area (Å²) in [6.45, 7) is 4.06. The van der Waals surface area contributed by atoms with E-state index in [0.29, 0.717) is 16.6 Å². The summed E-state index contributed by atoms with van der Waals surface area (Å²) in [5.74, 6) is -0.375. The largest absolute Gasteiger partial charge is 0.283 e. The molecule has 0 saturated carbocycles. The first-order valence-electron chi connectivity index (χ1n) is 8.97. The van der Waals surface area contributed by atoms with E-state index in [4.69, 9.17) is 0 Å². The number of amides is 1. The lowest BCUT2D eigenvalue weighted by Gasteiger charge is -2.10. The number of nitrogens with one attached hydrogen (secondary N) is 1. The number of nitrogens with zero attached hydrogens (tertiary/aromatic N) is 4. The van der Waals surface area contributed by atoms with E-state index in [-0.39, 0.29) is 11.5 Å². The molecule has 0 bridgehead atoms. The molecule has 0 aliphatic rings. The normalized spacial score (nSPS) is 11.0. The molecule has 0 spiro atoms. The standard InChI is InChI=1S/C21H19N5O2S/c1-13-8-9-15(10-14(13)2)26-19-17(11-23-26)21(28)25(12-22-19)24-20(27)16-6-4-5-7-18(16)29-3/h4-12H,1-3H3,(H,24,27). The molecule has 4 aromatic rings. The number of aromatic nitrogens is 4. The molecule has 0 radical (unpaired) electrons. The van der Waals surface area contributed by atoms with Crippen molar-refractivity contribution >= 4 is 28.7 Å². The molecule has 146 valence electrons. The summed E-state index contributed by atoms with van der Waals surface area (Å²) in [7, 11) is 0. The predicted octanol–water partition coefficient (Wildman–Crippen LogP) is 3.30. The second-order valence-corrected chi connectivity index (χ2v) is 7.47. The van der Waals surface area contributed by atoms with Crippen LogP contribution in [0.1, 0.15) is 21.5 Å². The number of aryl methyl sites for hydroxylation is 2. The monoisotopic (exact) mass is 405 g/mol. The summed E-state index contributed by atoms with van der Waals surface area (Å²) in [5, 5.41) is 4.65. The molecule has 0 aliphatic carbocycles. The smallest absolute Gasteiger partial charge is 0.267 e. The zero-order valence-corrected chi connectivity index (χ0v) is 17.0. The van der Waals surface area contributed by atoms with Crippen LogP contribution in [0.3, 0.4) is 0 Å². The molecule has 1 amide bonds. The Morgan fingerprint density at radius 3 is 2.66 bits per heavy atom. The van der Waals surface area contributed by atoms with E-state index >= 15 is 0 Å². The van der Waals surface area contributed by atoms with Crippen molar-refractivity contribution < 1.29 is 4.79 Å². The first-order chi connectivity index (χ1) is 14.0. The Kier molecular flexibility index (Phi) is 4.94. The van der Waals surface area contributed by atoms with Crippen LogP contribution in [0, 0.1) is 13.8 Å². The zero-order chi connectivity index (χ0) is 20.5. The van der Waals surface area contributed by atoms with Gasteiger partial charge in [0.15, 0.2) is 5.65 Å². The summed E-state index contributed by atoms with van der Waals surface area (Å²) in [6, 6.07) is 13.2. The quantitative estimate of drug-likeness (QED) is 0.527. The van der Waals surface area contributed by atoms with Gasteiger partial charge in [0.2, 0.25) is 0 Å². The Bertz CT molecular complexity index is 1290.